The van der Waals surface area contributed by atoms with Crippen molar-refractivity contribution in [1.82, 2.24) is 5.43 Å². The van der Waals surface area contributed by atoms with Crippen LogP contribution in [-0.4, -0.2) is 25.1 Å². The van der Waals surface area contributed by atoms with E-state index in [9.17, 15) is 9.59 Å². The van der Waals surface area contributed by atoms with Gasteiger partial charge in [-0.2, -0.15) is 5.10 Å². The Hall–Kier alpha value is -3.15. The lowest BCUT2D eigenvalue weighted by atomic mass is 10.2. The van der Waals surface area contributed by atoms with E-state index in [-0.39, 0.29) is 17.7 Å². The summed E-state index contributed by atoms with van der Waals surface area (Å²) >= 11 is 0. The summed E-state index contributed by atoms with van der Waals surface area (Å²) in [7, 11) is 1.58. The van der Waals surface area contributed by atoms with Crippen LogP contribution in [0.15, 0.2) is 53.6 Å². The number of hydrogen-bond acceptors (Lipinski definition) is 4. The second-order valence-electron chi connectivity index (χ2n) is 5.78. The molecule has 0 aromatic heterocycles. The van der Waals surface area contributed by atoms with Gasteiger partial charge in [0.15, 0.2) is 0 Å². The summed E-state index contributed by atoms with van der Waals surface area (Å²) in [6, 6.07) is 14.1. The molecule has 128 valence electrons. The third-order valence-electron chi connectivity index (χ3n) is 3.87. The lowest BCUT2D eigenvalue weighted by Gasteiger charge is -2.05. The van der Waals surface area contributed by atoms with E-state index in [1.165, 1.54) is 6.21 Å². The number of rotatable bonds is 6. The number of hydrogen-bond donors (Lipinski definition) is 2. The first kappa shape index (κ1) is 16.7. The second-order valence-corrected chi connectivity index (χ2v) is 5.78. The lowest BCUT2D eigenvalue weighted by molar-refractivity contribution is -0.117. The normalized spacial score (nSPS) is 13.5. The van der Waals surface area contributed by atoms with Gasteiger partial charge in [0.05, 0.1) is 13.3 Å². The summed E-state index contributed by atoms with van der Waals surface area (Å²) in [6.07, 6.45) is 3.44. The van der Waals surface area contributed by atoms with Crippen molar-refractivity contribution >= 4 is 23.7 Å². The van der Waals surface area contributed by atoms with Gasteiger partial charge in [-0.25, -0.2) is 5.43 Å². The Labute approximate surface area is 145 Å². The first-order chi connectivity index (χ1) is 12.2. The molecule has 2 aromatic carbocycles. The second kappa shape index (κ2) is 7.61. The number of ether oxygens (including phenoxy) is 1. The number of carbonyl (C=O) groups is 2. The molecule has 0 heterocycles. The van der Waals surface area contributed by atoms with Crippen molar-refractivity contribution in [2.24, 2.45) is 11.0 Å². The highest BCUT2D eigenvalue weighted by Crippen LogP contribution is 2.30. The summed E-state index contributed by atoms with van der Waals surface area (Å²) < 4.78 is 5.22. The highest BCUT2D eigenvalue weighted by Gasteiger charge is 2.29. The summed E-state index contributed by atoms with van der Waals surface area (Å²) in [4.78, 5) is 23.8. The number of amides is 2. The molecule has 0 spiro atoms. The highest BCUT2D eigenvalue weighted by atomic mass is 16.5. The molecule has 1 fully saturated rings. The molecule has 3 rings (SSSR count). The molecular weight excluding hydrogens is 318 g/mol. The van der Waals surface area contributed by atoms with Gasteiger partial charge in [0, 0.05) is 22.7 Å². The van der Waals surface area contributed by atoms with Crippen LogP contribution < -0.4 is 15.5 Å². The molecule has 25 heavy (non-hydrogen) atoms. The van der Waals surface area contributed by atoms with Gasteiger partial charge in [-0.3, -0.25) is 9.59 Å². The molecule has 6 nitrogen and oxygen atoms in total. The fourth-order valence-corrected chi connectivity index (χ4v) is 2.29. The van der Waals surface area contributed by atoms with E-state index in [1.54, 1.807) is 31.4 Å². The van der Waals surface area contributed by atoms with Gasteiger partial charge in [-0.1, -0.05) is 12.1 Å². The van der Waals surface area contributed by atoms with Crippen LogP contribution in [0.3, 0.4) is 0 Å². The molecule has 1 aliphatic carbocycles. The first-order valence-corrected chi connectivity index (χ1v) is 8.04. The minimum atomic E-state index is -0.328. The number of nitrogens with one attached hydrogen (secondary N) is 2. The molecule has 0 aliphatic heterocycles. The molecular formula is C19H19N3O3. The highest BCUT2D eigenvalue weighted by molar-refractivity contribution is 5.97. The number of methoxy groups -OCH3 is 1. The van der Waals surface area contributed by atoms with E-state index >= 15 is 0 Å². The molecule has 2 N–H and O–H groups in total. The zero-order valence-electron chi connectivity index (χ0n) is 13.9. The molecule has 0 bridgehead atoms. The van der Waals surface area contributed by atoms with Crippen molar-refractivity contribution in [2.75, 3.05) is 12.4 Å². The molecule has 0 atom stereocenters. The molecule has 2 aromatic rings. The number of benzene rings is 2. The maximum absolute atomic E-state index is 12.1. The van der Waals surface area contributed by atoms with Crippen molar-refractivity contribution in [2.45, 2.75) is 12.8 Å². The SMILES string of the molecule is COc1ccccc1/C=N/NC(=O)c1ccc(NC(=O)C2CC2)cc1. The van der Waals surface area contributed by atoms with Gasteiger partial charge >= 0.3 is 0 Å². The van der Waals surface area contributed by atoms with E-state index < -0.39 is 0 Å². The minimum Gasteiger partial charge on any atom is -0.496 e. The van der Waals surface area contributed by atoms with Crippen molar-refractivity contribution in [3.05, 3.63) is 59.7 Å². The topological polar surface area (TPSA) is 79.8 Å². The predicted octanol–water partition coefficient (Wildman–Crippen LogP) is 2.81. The van der Waals surface area contributed by atoms with Gasteiger partial charge in [-0.15, -0.1) is 0 Å². The van der Waals surface area contributed by atoms with Crippen molar-refractivity contribution in [3.63, 3.8) is 0 Å². The zero-order chi connectivity index (χ0) is 17.6. The Morgan fingerprint density at radius 3 is 2.52 bits per heavy atom. The van der Waals surface area contributed by atoms with Crippen LogP contribution in [0.5, 0.6) is 5.75 Å². The number of carbonyl (C=O) groups excluding carboxylic acids is 2. The van der Waals surface area contributed by atoms with Crippen LogP contribution in [0.4, 0.5) is 5.69 Å². The summed E-state index contributed by atoms with van der Waals surface area (Å²) in [5.74, 6) is 0.536. The van der Waals surface area contributed by atoms with E-state index in [2.05, 4.69) is 15.8 Å². The van der Waals surface area contributed by atoms with Gasteiger partial charge < -0.3 is 10.1 Å². The van der Waals surface area contributed by atoms with Crippen molar-refractivity contribution < 1.29 is 14.3 Å². The van der Waals surface area contributed by atoms with Crippen LogP contribution in [0.1, 0.15) is 28.8 Å². The molecule has 6 heteroatoms. The summed E-state index contributed by atoms with van der Waals surface area (Å²) in [5, 5.41) is 6.79. The predicted molar refractivity (Wildman–Crippen MR) is 95.8 cm³/mol. The van der Waals surface area contributed by atoms with E-state index in [0.717, 1.165) is 18.4 Å². The lowest BCUT2D eigenvalue weighted by Crippen LogP contribution is -2.18. The fraction of sp³-hybridized carbons (Fsp3) is 0.211. The van der Waals surface area contributed by atoms with Gasteiger partial charge in [0.1, 0.15) is 5.75 Å². The van der Waals surface area contributed by atoms with E-state index in [4.69, 9.17) is 4.74 Å². The first-order valence-electron chi connectivity index (χ1n) is 8.04. The Bertz CT molecular complexity index is 796. The third kappa shape index (κ3) is 4.44. The molecule has 0 unspecified atom stereocenters. The fourth-order valence-electron chi connectivity index (χ4n) is 2.29. The van der Waals surface area contributed by atoms with Gasteiger partial charge in [-0.05, 0) is 49.2 Å². The Kier molecular flexibility index (Phi) is 5.09. The summed E-state index contributed by atoms with van der Waals surface area (Å²) in [6.45, 7) is 0. The Balaban J connectivity index is 1.57. The molecule has 0 radical (unpaired) electrons. The average molecular weight is 337 g/mol. The van der Waals surface area contributed by atoms with Gasteiger partial charge in [0.2, 0.25) is 5.91 Å². The van der Waals surface area contributed by atoms with Crippen LogP contribution >= 0.6 is 0 Å². The van der Waals surface area contributed by atoms with Gasteiger partial charge in [0.25, 0.3) is 5.91 Å². The number of anilines is 1. The smallest absolute Gasteiger partial charge is 0.271 e. The van der Waals surface area contributed by atoms with Crippen molar-refractivity contribution in [1.29, 1.82) is 0 Å². The standard InChI is InChI=1S/C19H19N3O3/c1-25-17-5-3-2-4-15(17)12-20-22-19(24)14-8-10-16(11-9-14)21-18(23)13-6-7-13/h2-5,8-13H,6-7H2,1H3,(H,21,23)(H,22,24)/b20-12+. The van der Waals surface area contributed by atoms with Crippen LogP contribution in [0, 0.1) is 5.92 Å². The maximum Gasteiger partial charge on any atom is 0.271 e. The number of para-hydroxylation sites is 1. The van der Waals surface area contributed by atoms with E-state index in [1.807, 2.05) is 24.3 Å². The number of hydrazone groups is 1. The zero-order valence-corrected chi connectivity index (χ0v) is 13.9. The average Bonchev–Trinajstić information content (AvgIpc) is 3.48. The molecule has 1 saturated carbocycles. The van der Waals surface area contributed by atoms with E-state index in [0.29, 0.717) is 17.0 Å². The third-order valence-corrected chi connectivity index (χ3v) is 3.87. The number of nitrogens with zero attached hydrogens (tertiary/aromatic N) is 1. The Morgan fingerprint density at radius 1 is 1.12 bits per heavy atom. The monoisotopic (exact) mass is 337 g/mol. The largest absolute Gasteiger partial charge is 0.496 e. The molecule has 2 amide bonds. The Morgan fingerprint density at radius 2 is 1.84 bits per heavy atom. The molecule has 0 saturated heterocycles. The minimum absolute atomic E-state index is 0.0404. The van der Waals surface area contributed by atoms with Crippen molar-refractivity contribution in [3.8, 4) is 5.75 Å². The maximum atomic E-state index is 12.1. The van der Waals surface area contributed by atoms with Crippen LogP contribution in [0.25, 0.3) is 0 Å². The van der Waals surface area contributed by atoms with Crippen LogP contribution in [0.2, 0.25) is 0 Å². The molecule has 1 aliphatic rings. The quantitative estimate of drug-likeness (QED) is 0.628. The van der Waals surface area contributed by atoms with Crippen LogP contribution in [-0.2, 0) is 4.79 Å². The summed E-state index contributed by atoms with van der Waals surface area (Å²) in [5.41, 5.74) is 4.39.